The van der Waals surface area contributed by atoms with Crippen molar-refractivity contribution in [1.29, 1.82) is 0 Å². The molecule has 0 spiro atoms. The zero-order valence-electron chi connectivity index (χ0n) is 10.8. The number of anilines is 1. The van der Waals surface area contributed by atoms with Crippen LogP contribution in [0.2, 0.25) is 0 Å². The normalized spacial score (nSPS) is 20.6. The van der Waals surface area contributed by atoms with E-state index in [1.165, 1.54) is 0 Å². The molecule has 4 nitrogen and oxygen atoms in total. The van der Waals surface area contributed by atoms with Gasteiger partial charge < -0.3 is 10.2 Å². The molecule has 1 N–H and O–H groups in total. The zero-order valence-corrected chi connectivity index (χ0v) is 10.8. The highest BCUT2D eigenvalue weighted by Crippen LogP contribution is 2.23. The van der Waals surface area contributed by atoms with Crippen LogP contribution < -0.4 is 10.2 Å². The molecule has 1 aromatic carbocycles. The van der Waals surface area contributed by atoms with E-state index in [4.69, 9.17) is 0 Å². The number of para-hydroxylation sites is 1. The van der Waals surface area contributed by atoms with Crippen molar-refractivity contribution in [2.75, 3.05) is 11.4 Å². The van der Waals surface area contributed by atoms with Crippen molar-refractivity contribution >= 4 is 17.5 Å². The summed E-state index contributed by atoms with van der Waals surface area (Å²) in [7, 11) is 0. The van der Waals surface area contributed by atoms with E-state index in [1.54, 1.807) is 11.8 Å². The van der Waals surface area contributed by atoms with Gasteiger partial charge in [0, 0.05) is 18.7 Å². The van der Waals surface area contributed by atoms with Crippen LogP contribution in [0.4, 0.5) is 5.69 Å². The lowest BCUT2D eigenvalue weighted by atomic mass is 10.1. The average Bonchev–Trinajstić information content (AvgIpc) is 2.50. The van der Waals surface area contributed by atoms with Gasteiger partial charge in [0.15, 0.2) is 0 Å². The minimum Gasteiger partial charge on any atom is -0.345 e. The van der Waals surface area contributed by atoms with Crippen LogP contribution in [-0.2, 0) is 16.0 Å². The largest absolute Gasteiger partial charge is 0.345 e. The summed E-state index contributed by atoms with van der Waals surface area (Å²) in [5, 5.41) is 2.70. The van der Waals surface area contributed by atoms with Crippen LogP contribution in [0.5, 0.6) is 0 Å². The van der Waals surface area contributed by atoms with Crippen LogP contribution in [0.3, 0.4) is 0 Å². The first kappa shape index (κ1) is 12.6. The van der Waals surface area contributed by atoms with E-state index in [1.807, 2.05) is 24.3 Å². The molecule has 1 saturated heterocycles. The minimum absolute atomic E-state index is 0.0400. The smallest absolute Gasteiger partial charge is 0.249 e. The third-order valence-corrected chi connectivity index (χ3v) is 3.24. The van der Waals surface area contributed by atoms with Crippen molar-refractivity contribution < 1.29 is 9.59 Å². The molecule has 0 bridgehead atoms. The van der Waals surface area contributed by atoms with Crippen LogP contribution >= 0.6 is 0 Å². The zero-order chi connectivity index (χ0) is 13.1. The first-order chi connectivity index (χ1) is 8.63. The van der Waals surface area contributed by atoms with E-state index < -0.39 is 6.04 Å². The summed E-state index contributed by atoms with van der Waals surface area (Å²) < 4.78 is 0. The number of nitrogens with zero attached hydrogens (tertiary/aromatic N) is 1. The van der Waals surface area contributed by atoms with Gasteiger partial charge in [-0.2, -0.15) is 0 Å². The minimum atomic E-state index is -0.454. The van der Waals surface area contributed by atoms with E-state index in [-0.39, 0.29) is 11.8 Å². The summed E-state index contributed by atoms with van der Waals surface area (Å²) >= 11 is 0. The number of hydrogen-bond donors (Lipinski definition) is 1. The third-order valence-electron chi connectivity index (χ3n) is 3.24. The van der Waals surface area contributed by atoms with E-state index in [9.17, 15) is 9.59 Å². The van der Waals surface area contributed by atoms with Gasteiger partial charge in [-0.15, -0.1) is 0 Å². The standard InChI is InChI=1S/C14H18N2O2/c1-3-11-6-4-5-7-12(11)16-9-8-13(17)15-10(2)14(16)18/h4-7,10H,3,8-9H2,1-2H3,(H,15,17). The Morgan fingerprint density at radius 3 is 2.78 bits per heavy atom. The molecule has 1 aliphatic heterocycles. The van der Waals surface area contributed by atoms with Crippen LogP contribution in [-0.4, -0.2) is 24.4 Å². The molecule has 4 heteroatoms. The van der Waals surface area contributed by atoms with Gasteiger partial charge >= 0.3 is 0 Å². The Morgan fingerprint density at radius 2 is 2.06 bits per heavy atom. The predicted octanol–water partition coefficient (Wildman–Crippen LogP) is 1.49. The number of benzene rings is 1. The van der Waals surface area contributed by atoms with Crippen molar-refractivity contribution in [1.82, 2.24) is 5.32 Å². The maximum absolute atomic E-state index is 12.3. The fraction of sp³-hybridized carbons (Fsp3) is 0.429. The van der Waals surface area contributed by atoms with Crippen molar-refractivity contribution in [2.24, 2.45) is 0 Å². The van der Waals surface area contributed by atoms with Gasteiger partial charge in [0.05, 0.1) is 0 Å². The summed E-state index contributed by atoms with van der Waals surface area (Å²) in [5.74, 6) is -0.103. The highest BCUT2D eigenvalue weighted by molar-refractivity contribution is 6.01. The Bertz CT molecular complexity index is 471. The lowest BCUT2D eigenvalue weighted by Crippen LogP contribution is -2.43. The molecule has 0 aromatic heterocycles. The van der Waals surface area contributed by atoms with Crippen LogP contribution in [0.15, 0.2) is 24.3 Å². The molecule has 96 valence electrons. The van der Waals surface area contributed by atoms with Crippen LogP contribution in [0.1, 0.15) is 25.8 Å². The monoisotopic (exact) mass is 246 g/mol. The van der Waals surface area contributed by atoms with E-state index in [2.05, 4.69) is 12.2 Å². The molecule has 1 aliphatic rings. The predicted molar refractivity (Wildman–Crippen MR) is 70.4 cm³/mol. The van der Waals surface area contributed by atoms with Gasteiger partial charge in [-0.3, -0.25) is 9.59 Å². The van der Waals surface area contributed by atoms with Crippen molar-refractivity contribution in [2.45, 2.75) is 32.7 Å². The van der Waals surface area contributed by atoms with Gasteiger partial charge in [-0.05, 0) is 25.0 Å². The number of aryl methyl sites for hydroxylation is 1. The first-order valence-electron chi connectivity index (χ1n) is 6.32. The Kier molecular flexibility index (Phi) is 3.65. The molecule has 0 radical (unpaired) electrons. The summed E-state index contributed by atoms with van der Waals surface area (Å²) in [6.45, 7) is 4.24. The molecule has 1 heterocycles. The number of carbonyl (C=O) groups is 2. The fourth-order valence-corrected chi connectivity index (χ4v) is 2.24. The second-order valence-corrected chi connectivity index (χ2v) is 4.51. The molecule has 0 aliphatic carbocycles. The van der Waals surface area contributed by atoms with Gasteiger partial charge in [0.25, 0.3) is 0 Å². The second-order valence-electron chi connectivity index (χ2n) is 4.51. The van der Waals surface area contributed by atoms with Crippen molar-refractivity contribution in [3.8, 4) is 0 Å². The van der Waals surface area contributed by atoms with Gasteiger partial charge in [0.1, 0.15) is 6.04 Å². The third kappa shape index (κ3) is 2.37. The average molecular weight is 246 g/mol. The molecular formula is C14H18N2O2. The Balaban J connectivity index is 2.36. The lowest BCUT2D eigenvalue weighted by Gasteiger charge is -2.24. The first-order valence-corrected chi connectivity index (χ1v) is 6.32. The maximum Gasteiger partial charge on any atom is 0.249 e. The number of hydrogen-bond acceptors (Lipinski definition) is 2. The lowest BCUT2D eigenvalue weighted by molar-refractivity contribution is -0.125. The molecule has 1 fully saturated rings. The van der Waals surface area contributed by atoms with Crippen LogP contribution in [0, 0.1) is 0 Å². The maximum atomic E-state index is 12.3. The fourth-order valence-electron chi connectivity index (χ4n) is 2.24. The quantitative estimate of drug-likeness (QED) is 0.859. The van der Waals surface area contributed by atoms with Gasteiger partial charge in [-0.1, -0.05) is 25.1 Å². The Labute approximate surface area is 107 Å². The van der Waals surface area contributed by atoms with E-state index in [0.717, 1.165) is 17.7 Å². The van der Waals surface area contributed by atoms with Crippen LogP contribution in [0.25, 0.3) is 0 Å². The molecule has 18 heavy (non-hydrogen) atoms. The molecule has 1 aromatic rings. The summed E-state index contributed by atoms with van der Waals surface area (Å²) in [4.78, 5) is 25.5. The summed E-state index contributed by atoms with van der Waals surface area (Å²) in [5.41, 5.74) is 2.06. The summed E-state index contributed by atoms with van der Waals surface area (Å²) in [6.07, 6.45) is 1.23. The highest BCUT2D eigenvalue weighted by atomic mass is 16.2. The molecular weight excluding hydrogens is 228 g/mol. The molecule has 2 amide bonds. The number of carbonyl (C=O) groups excluding carboxylic acids is 2. The number of rotatable bonds is 2. The van der Waals surface area contributed by atoms with Crippen molar-refractivity contribution in [3.63, 3.8) is 0 Å². The Hall–Kier alpha value is -1.84. The highest BCUT2D eigenvalue weighted by Gasteiger charge is 2.28. The molecule has 0 saturated carbocycles. The second kappa shape index (κ2) is 5.21. The number of amides is 2. The Morgan fingerprint density at radius 1 is 1.33 bits per heavy atom. The summed E-state index contributed by atoms with van der Waals surface area (Å²) in [6, 6.07) is 7.40. The van der Waals surface area contributed by atoms with Gasteiger partial charge in [0.2, 0.25) is 11.8 Å². The molecule has 1 atom stereocenters. The SMILES string of the molecule is CCc1ccccc1N1CCC(=O)NC(C)C1=O. The molecule has 1 unspecified atom stereocenters. The van der Waals surface area contributed by atoms with Gasteiger partial charge in [-0.25, -0.2) is 0 Å². The molecule has 2 rings (SSSR count). The topological polar surface area (TPSA) is 49.4 Å². The van der Waals surface area contributed by atoms with Crippen molar-refractivity contribution in [3.05, 3.63) is 29.8 Å². The van der Waals surface area contributed by atoms with E-state index in [0.29, 0.717) is 13.0 Å². The van der Waals surface area contributed by atoms with E-state index >= 15 is 0 Å². The number of nitrogens with one attached hydrogen (secondary N) is 1.